The number of aromatic amines is 1. The quantitative estimate of drug-likeness (QED) is 0.191. The minimum atomic E-state index is -3.51. The van der Waals surface area contributed by atoms with Crippen LogP contribution in [0.25, 0.3) is 0 Å². The fourth-order valence-corrected chi connectivity index (χ4v) is 6.93. The molecule has 2 aliphatic rings. The van der Waals surface area contributed by atoms with Gasteiger partial charge in [0.1, 0.15) is 29.6 Å². The Kier molecular flexibility index (Phi) is 7.71. The number of aromatic nitrogens is 2. The van der Waals surface area contributed by atoms with Crippen molar-refractivity contribution in [1.82, 2.24) is 14.6 Å². The largest absolute Gasteiger partial charge is 0.462 e. The summed E-state index contributed by atoms with van der Waals surface area (Å²) in [7, 11) is 0. The Labute approximate surface area is 223 Å². The smallest absolute Gasteiger partial charge is 0.330 e. The number of hydrogen-bond acceptors (Lipinski definition) is 10. The Morgan fingerprint density at radius 1 is 1.32 bits per heavy atom. The number of aliphatic hydroxyl groups excluding tert-OH is 1. The fourth-order valence-electron chi connectivity index (χ4n) is 4.16. The topological polar surface area (TPSA) is 161 Å². The summed E-state index contributed by atoms with van der Waals surface area (Å²) in [5, 5.41) is 25.2. The molecule has 1 spiro atoms. The molecule has 14 heteroatoms. The number of aliphatic hydroxyl groups is 2. The van der Waals surface area contributed by atoms with Crippen LogP contribution in [-0.4, -0.2) is 61.3 Å². The molecule has 38 heavy (non-hydrogen) atoms. The molecule has 2 aromatic rings. The van der Waals surface area contributed by atoms with Gasteiger partial charge in [-0.2, -0.15) is 0 Å². The second-order valence-electron chi connectivity index (χ2n) is 9.35. The summed E-state index contributed by atoms with van der Waals surface area (Å²) in [5.74, 6) is 1.91. The van der Waals surface area contributed by atoms with E-state index in [-0.39, 0.29) is 12.5 Å². The van der Waals surface area contributed by atoms with Crippen molar-refractivity contribution in [2.45, 2.75) is 69.0 Å². The van der Waals surface area contributed by atoms with Crippen LogP contribution in [0.3, 0.4) is 0 Å². The molecular weight excluding hydrogens is 537 g/mol. The molecule has 2 fully saturated rings. The minimum Gasteiger partial charge on any atom is -0.462 e. The van der Waals surface area contributed by atoms with Gasteiger partial charge in [0.15, 0.2) is 11.8 Å². The Hall–Kier alpha value is -2.82. The molecule has 1 saturated carbocycles. The highest BCUT2D eigenvalue weighted by molar-refractivity contribution is 8.09. The molecule has 0 radical (unpaired) electrons. The van der Waals surface area contributed by atoms with Crippen molar-refractivity contribution in [3.63, 3.8) is 0 Å². The monoisotopic (exact) mass is 565 g/mol. The molecule has 4 rings (SSSR count). The molecule has 2 unspecified atom stereocenters. The van der Waals surface area contributed by atoms with Crippen molar-refractivity contribution in [2.24, 2.45) is 0 Å². The molecule has 4 N–H and O–H groups in total. The van der Waals surface area contributed by atoms with E-state index >= 15 is 0 Å². The lowest BCUT2D eigenvalue weighted by Crippen LogP contribution is -2.48. The van der Waals surface area contributed by atoms with Gasteiger partial charge in [-0.05, 0) is 44.7 Å². The lowest BCUT2D eigenvalue weighted by atomic mass is 9.93. The molecule has 0 bridgehead atoms. The second-order valence-corrected chi connectivity index (χ2v) is 12.4. The van der Waals surface area contributed by atoms with Gasteiger partial charge in [0.2, 0.25) is 0 Å². The molecule has 1 aliphatic carbocycles. The maximum Gasteiger partial charge on any atom is 0.330 e. The van der Waals surface area contributed by atoms with Gasteiger partial charge in [0, 0.05) is 18.7 Å². The number of benzene rings is 1. The van der Waals surface area contributed by atoms with Crippen molar-refractivity contribution in [3.05, 3.63) is 63.4 Å². The number of nitrogens with zero attached hydrogens (tertiary/aromatic N) is 1. The summed E-state index contributed by atoms with van der Waals surface area (Å²) >= 11 is 5.72. The fraction of sp³-hybridized carbons (Fsp3) is 0.458. The van der Waals surface area contributed by atoms with Gasteiger partial charge >= 0.3 is 18.3 Å². The van der Waals surface area contributed by atoms with E-state index in [0.29, 0.717) is 5.75 Å². The zero-order valence-corrected chi connectivity index (χ0v) is 22.5. The highest BCUT2D eigenvalue weighted by Crippen LogP contribution is 2.62. The van der Waals surface area contributed by atoms with Crippen LogP contribution in [0.4, 0.5) is 0 Å². The number of ether oxygens (including phenoxy) is 2. The van der Waals surface area contributed by atoms with Crippen molar-refractivity contribution >= 4 is 24.4 Å². The molecule has 1 aromatic heterocycles. The number of hydrogen-bond donors (Lipinski definition) is 4. The van der Waals surface area contributed by atoms with Crippen LogP contribution in [-0.2, 0) is 30.6 Å². The number of terminal acetylenes is 1. The van der Waals surface area contributed by atoms with Gasteiger partial charge < -0.3 is 28.7 Å². The first-order valence-electron chi connectivity index (χ1n) is 11.7. The van der Waals surface area contributed by atoms with Crippen LogP contribution in [0.5, 0.6) is 5.75 Å². The molecule has 204 valence electrons. The summed E-state index contributed by atoms with van der Waals surface area (Å²) in [5.41, 5.74) is -5.44. The van der Waals surface area contributed by atoms with Crippen LogP contribution in [0, 0.1) is 12.3 Å². The highest BCUT2D eigenvalue weighted by atomic mass is 32.5. The number of rotatable bonds is 9. The Morgan fingerprint density at radius 3 is 2.61 bits per heavy atom. The number of nitrogens with one attached hydrogen (secondary N) is 2. The Bertz CT molecular complexity index is 1410. The maximum atomic E-state index is 12.5. The summed E-state index contributed by atoms with van der Waals surface area (Å²) in [4.78, 5) is 38.4. The average molecular weight is 566 g/mol. The lowest BCUT2D eigenvalue weighted by molar-refractivity contribution is -0.149. The normalized spacial score (nSPS) is 30.4. The van der Waals surface area contributed by atoms with Gasteiger partial charge in [-0.3, -0.25) is 19.1 Å². The molecule has 1 aromatic carbocycles. The Morgan fingerprint density at radius 2 is 2.00 bits per heavy atom. The number of carbonyl (C=O) groups is 1. The molecular formula is C24H28N3O9PS. The molecule has 7 atom stereocenters. The van der Waals surface area contributed by atoms with Gasteiger partial charge in [-0.15, -0.1) is 6.42 Å². The predicted octanol–water partition coefficient (Wildman–Crippen LogP) is 0.551. The molecule has 1 aliphatic heterocycles. The molecule has 12 nitrogen and oxygen atoms in total. The van der Waals surface area contributed by atoms with Gasteiger partial charge in [0.05, 0.1) is 6.10 Å². The summed E-state index contributed by atoms with van der Waals surface area (Å²) < 4.78 is 24.2. The van der Waals surface area contributed by atoms with E-state index in [1.165, 1.54) is 0 Å². The SMILES string of the molecule is C#C[C@@]1(O)[C@H](O)C2(C[C@H]2OP(=S)(N[C@@H](C)C(=O)OC(C)C)Oc2ccccc2)O[C@H]1n1ccc(=O)[nH]c1=O. The molecule has 1 saturated heterocycles. The van der Waals surface area contributed by atoms with E-state index in [2.05, 4.69) is 16.0 Å². The van der Waals surface area contributed by atoms with Crippen molar-refractivity contribution in [2.75, 3.05) is 0 Å². The standard InChI is InChI=1S/C24H28N3O9PS/c1-5-23(32)20(30)24(34-21(23)27-12-11-18(28)25-22(27)31)13-17(24)36-37(38,35-16-9-7-6-8-10-16)26-15(4)19(29)33-14(2)3/h1,6-12,14-15,17,20-21,30,32H,13H2,2-4H3,(H,26,38)(H,25,28,31)/t15-,17+,20-,21+,23+,24?,37?/m0/s1. The minimum absolute atomic E-state index is 0.0375. The van der Waals surface area contributed by atoms with Gasteiger partial charge in [-0.1, -0.05) is 24.1 Å². The van der Waals surface area contributed by atoms with Crippen LogP contribution in [0.2, 0.25) is 0 Å². The third-order valence-corrected chi connectivity index (χ3v) is 8.59. The van der Waals surface area contributed by atoms with Crippen LogP contribution >= 0.6 is 6.64 Å². The van der Waals surface area contributed by atoms with E-state index in [9.17, 15) is 24.6 Å². The third kappa shape index (κ3) is 5.34. The molecule has 0 amide bonds. The van der Waals surface area contributed by atoms with Crippen molar-refractivity contribution < 1.29 is 33.5 Å². The van der Waals surface area contributed by atoms with E-state index in [1.807, 2.05) is 0 Å². The predicted molar refractivity (Wildman–Crippen MR) is 139 cm³/mol. The highest BCUT2D eigenvalue weighted by Gasteiger charge is 2.76. The van der Waals surface area contributed by atoms with Crippen molar-refractivity contribution in [1.29, 1.82) is 0 Å². The third-order valence-electron chi connectivity index (χ3n) is 6.10. The van der Waals surface area contributed by atoms with E-state index < -0.39 is 59.5 Å². The van der Waals surface area contributed by atoms with Gasteiger partial charge in [-0.25, -0.2) is 9.88 Å². The van der Waals surface area contributed by atoms with E-state index in [1.54, 1.807) is 51.1 Å². The van der Waals surface area contributed by atoms with Gasteiger partial charge in [0.25, 0.3) is 5.56 Å². The average Bonchev–Trinajstić information content (AvgIpc) is 3.48. The number of H-pyrrole nitrogens is 1. The number of esters is 1. The second kappa shape index (κ2) is 10.4. The van der Waals surface area contributed by atoms with Crippen LogP contribution in [0.1, 0.15) is 33.4 Å². The first kappa shape index (κ1) is 28.2. The number of para-hydroxylation sites is 1. The van der Waals surface area contributed by atoms with E-state index in [0.717, 1.165) is 16.8 Å². The molecule has 2 heterocycles. The Balaban J connectivity index is 1.61. The summed E-state index contributed by atoms with van der Waals surface area (Å²) in [6.07, 6.45) is 2.17. The zero-order valence-electron chi connectivity index (χ0n) is 20.8. The van der Waals surface area contributed by atoms with E-state index in [4.69, 9.17) is 36.8 Å². The van der Waals surface area contributed by atoms with Crippen LogP contribution < -0.4 is 20.9 Å². The van der Waals surface area contributed by atoms with Crippen molar-refractivity contribution in [3.8, 4) is 18.1 Å². The first-order chi connectivity index (χ1) is 17.8. The maximum absolute atomic E-state index is 12.5. The first-order valence-corrected chi connectivity index (χ1v) is 14.4. The van der Waals surface area contributed by atoms with Crippen LogP contribution in [0.15, 0.2) is 52.2 Å². The lowest BCUT2D eigenvalue weighted by Gasteiger charge is -2.28. The summed E-state index contributed by atoms with van der Waals surface area (Å²) in [6, 6.07) is 8.69. The zero-order chi connectivity index (χ0) is 27.9. The summed E-state index contributed by atoms with van der Waals surface area (Å²) in [6.45, 7) is 1.45. The number of carbonyl (C=O) groups excluding carboxylic acids is 1.